The van der Waals surface area contributed by atoms with Crippen LogP contribution in [0, 0.1) is 13.8 Å². The minimum atomic E-state index is -1.04. The van der Waals surface area contributed by atoms with Crippen LogP contribution >= 0.6 is 0 Å². The highest BCUT2D eigenvalue weighted by atomic mass is 16.4. The van der Waals surface area contributed by atoms with Crippen molar-refractivity contribution in [3.05, 3.63) is 74.2 Å². The number of carbonyl (C=O) groups is 1. The Morgan fingerprint density at radius 2 is 1.94 bits per heavy atom. The van der Waals surface area contributed by atoms with E-state index in [1.54, 1.807) is 16.7 Å². The largest absolute Gasteiger partial charge is 0.481 e. The number of carboxylic acids is 1. The molecule has 8 nitrogen and oxygen atoms in total. The number of pyridine rings is 1. The van der Waals surface area contributed by atoms with Crippen LogP contribution in [0.3, 0.4) is 0 Å². The normalized spacial score (nSPS) is 12.5. The molecule has 4 rings (SSSR count). The Hall–Kier alpha value is -3.68. The van der Waals surface area contributed by atoms with Crippen molar-refractivity contribution < 1.29 is 9.90 Å². The van der Waals surface area contributed by atoms with E-state index in [4.69, 9.17) is 0 Å². The number of unbranched alkanes of at least 4 members (excludes halogenated alkanes) is 1. The zero-order valence-corrected chi connectivity index (χ0v) is 20.0. The SMILES string of the molecule is CCCCC(CC(=O)O)n1c(=O)c2ncccc2n(Cc2cn(C)c3cc(C)cc(C)c23)c1=O. The van der Waals surface area contributed by atoms with Crippen molar-refractivity contribution in [1.82, 2.24) is 18.7 Å². The van der Waals surface area contributed by atoms with Crippen LogP contribution in [0.1, 0.15) is 55.3 Å². The van der Waals surface area contributed by atoms with Crippen LogP contribution in [0.25, 0.3) is 21.9 Å². The Morgan fingerprint density at radius 1 is 1.18 bits per heavy atom. The zero-order chi connectivity index (χ0) is 24.6. The van der Waals surface area contributed by atoms with E-state index in [9.17, 15) is 19.5 Å². The number of aromatic nitrogens is 4. The summed E-state index contributed by atoms with van der Waals surface area (Å²) in [6.07, 6.45) is 5.22. The highest BCUT2D eigenvalue weighted by Crippen LogP contribution is 2.27. The molecule has 0 radical (unpaired) electrons. The number of rotatable bonds is 8. The van der Waals surface area contributed by atoms with Gasteiger partial charge in [-0.2, -0.15) is 0 Å². The molecule has 1 aromatic carbocycles. The van der Waals surface area contributed by atoms with Crippen LogP contribution in [0.2, 0.25) is 0 Å². The van der Waals surface area contributed by atoms with E-state index < -0.39 is 23.3 Å². The van der Waals surface area contributed by atoms with Gasteiger partial charge in [0.25, 0.3) is 5.56 Å². The lowest BCUT2D eigenvalue weighted by Crippen LogP contribution is -2.43. The maximum Gasteiger partial charge on any atom is 0.332 e. The first-order chi connectivity index (χ1) is 16.2. The van der Waals surface area contributed by atoms with Gasteiger partial charge in [-0.05, 0) is 55.2 Å². The van der Waals surface area contributed by atoms with Gasteiger partial charge in [0.15, 0.2) is 5.52 Å². The molecular weight excluding hydrogens is 432 g/mol. The Bertz CT molecular complexity index is 1510. The van der Waals surface area contributed by atoms with Crippen molar-refractivity contribution in [2.24, 2.45) is 7.05 Å². The van der Waals surface area contributed by atoms with Gasteiger partial charge in [-0.25, -0.2) is 9.78 Å². The predicted molar refractivity (Wildman–Crippen MR) is 133 cm³/mol. The topological polar surface area (TPSA) is 99.1 Å². The van der Waals surface area contributed by atoms with Gasteiger partial charge >= 0.3 is 11.7 Å². The van der Waals surface area contributed by atoms with E-state index in [0.717, 1.165) is 38.6 Å². The van der Waals surface area contributed by atoms with Crippen LogP contribution in [0.5, 0.6) is 0 Å². The summed E-state index contributed by atoms with van der Waals surface area (Å²) in [4.78, 5) is 43.0. The summed E-state index contributed by atoms with van der Waals surface area (Å²) >= 11 is 0. The molecule has 0 aliphatic rings. The number of hydrogen-bond acceptors (Lipinski definition) is 4. The summed E-state index contributed by atoms with van der Waals surface area (Å²) in [5.74, 6) is -1.04. The monoisotopic (exact) mass is 462 g/mol. The first-order valence-corrected chi connectivity index (χ1v) is 11.6. The van der Waals surface area contributed by atoms with E-state index in [0.29, 0.717) is 18.4 Å². The third-order valence-corrected chi connectivity index (χ3v) is 6.44. The van der Waals surface area contributed by atoms with Gasteiger partial charge in [-0.3, -0.25) is 18.7 Å². The molecule has 0 aliphatic heterocycles. The number of carboxylic acid groups (broad SMARTS) is 1. The molecule has 8 heteroatoms. The smallest absolute Gasteiger partial charge is 0.332 e. The number of benzene rings is 1. The lowest BCUT2D eigenvalue weighted by atomic mass is 10.0. The molecule has 3 aromatic heterocycles. The molecule has 34 heavy (non-hydrogen) atoms. The van der Waals surface area contributed by atoms with Crippen molar-refractivity contribution in [1.29, 1.82) is 0 Å². The van der Waals surface area contributed by atoms with Gasteiger partial charge in [0.2, 0.25) is 0 Å². The Labute approximate surface area is 197 Å². The molecule has 0 saturated carbocycles. The lowest BCUT2D eigenvalue weighted by molar-refractivity contribution is -0.138. The first-order valence-electron chi connectivity index (χ1n) is 11.6. The number of aryl methyl sites for hydroxylation is 3. The fourth-order valence-electron chi connectivity index (χ4n) is 4.95. The molecule has 1 atom stereocenters. The van der Waals surface area contributed by atoms with Gasteiger partial charge in [0, 0.05) is 30.3 Å². The second-order valence-corrected chi connectivity index (χ2v) is 9.05. The number of aliphatic carboxylic acids is 1. The minimum absolute atomic E-state index is 0.168. The molecule has 3 heterocycles. The highest BCUT2D eigenvalue weighted by Gasteiger charge is 2.23. The van der Waals surface area contributed by atoms with Crippen LogP contribution in [-0.2, 0) is 18.4 Å². The molecule has 0 aliphatic carbocycles. The average Bonchev–Trinajstić information content (AvgIpc) is 3.09. The highest BCUT2D eigenvalue weighted by molar-refractivity contribution is 5.88. The molecule has 1 N–H and O–H groups in total. The van der Waals surface area contributed by atoms with Crippen molar-refractivity contribution in [2.75, 3.05) is 0 Å². The van der Waals surface area contributed by atoms with Gasteiger partial charge in [0.1, 0.15) is 0 Å². The third-order valence-electron chi connectivity index (χ3n) is 6.44. The summed E-state index contributed by atoms with van der Waals surface area (Å²) in [5, 5.41) is 10.5. The fraction of sp³-hybridized carbons (Fsp3) is 0.385. The molecular formula is C26H30N4O4. The maximum absolute atomic E-state index is 13.8. The van der Waals surface area contributed by atoms with Gasteiger partial charge in [-0.1, -0.05) is 25.8 Å². The Morgan fingerprint density at radius 3 is 2.65 bits per heavy atom. The van der Waals surface area contributed by atoms with E-state index in [2.05, 4.69) is 31.0 Å². The number of nitrogens with zero attached hydrogens (tertiary/aromatic N) is 4. The second-order valence-electron chi connectivity index (χ2n) is 9.05. The molecule has 0 fully saturated rings. The summed E-state index contributed by atoms with van der Waals surface area (Å²) in [7, 11) is 1.97. The van der Waals surface area contributed by atoms with Gasteiger partial charge < -0.3 is 9.67 Å². The quantitative estimate of drug-likeness (QED) is 0.428. The van der Waals surface area contributed by atoms with Crippen LogP contribution in [0.4, 0.5) is 0 Å². The third kappa shape index (κ3) is 4.16. The second kappa shape index (κ2) is 9.29. The summed E-state index contributed by atoms with van der Waals surface area (Å²) < 4.78 is 4.71. The number of fused-ring (bicyclic) bond motifs is 2. The Kier molecular flexibility index (Phi) is 6.41. The standard InChI is InChI=1S/C26H30N4O4/c1-5-6-8-19(13-22(31)32)30-25(33)24-20(9-7-10-27-24)29(26(30)34)15-18-14-28(4)21-12-16(2)11-17(3)23(18)21/h7,9-12,14,19H,5-6,8,13,15H2,1-4H3,(H,31,32). The molecule has 0 bridgehead atoms. The van der Waals surface area contributed by atoms with E-state index in [-0.39, 0.29) is 18.5 Å². The van der Waals surface area contributed by atoms with Gasteiger partial charge in [-0.15, -0.1) is 0 Å². The molecule has 0 spiro atoms. The molecule has 178 valence electrons. The predicted octanol–water partition coefficient (Wildman–Crippen LogP) is 3.92. The van der Waals surface area contributed by atoms with Gasteiger partial charge in [0.05, 0.1) is 24.5 Å². The lowest BCUT2D eigenvalue weighted by Gasteiger charge is -2.20. The molecule has 4 aromatic rings. The Balaban J connectivity index is 1.97. The summed E-state index contributed by atoms with van der Waals surface area (Å²) in [6, 6.07) is 6.92. The van der Waals surface area contributed by atoms with E-state index >= 15 is 0 Å². The van der Waals surface area contributed by atoms with Crippen molar-refractivity contribution in [3.8, 4) is 0 Å². The van der Waals surface area contributed by atoms with Crippen molar-refractivity contribution >= 4 is 27.9 Å². The molecule has 0 saturated heterocycles. The van der Waals surface area contributed by atoms with Crippen LogP contribution in [0.15, 0.2) is 46.2 Å². The minimum Gasteiger partial charge on any atom is -0.481 e. The summed E-state index contributed by atoms with van der Waals surface area (Å²) in [6.45, 7) is 6.34. The van der Waals surface area contributed by atoms with Crippen LogP contribution < -0.4 is 11.2 Å². The van der Waals surface area contributed by atoms with E-state index in [1.807, 2.05) is 24.7 Å². The van der Waals surface area contributed by atoms with Crippen molar-refractivity contribution in [2.45, 2.75) is 59.0 Å². The fourth-order valence-corrected chi connectivity index (χ4v) is 4.95. The van der Waals surface area contributed by atoms with Crippen molar-refractivity contribution in [3.63, 3.8) is 0 Å². The molecule has 0 amide bonds. The maximum atomic E-state index is 13.8. The molecule has 1 unspecified atom stereocenters. The average molecular weight is 463 g/mol. The van der Waals surface area contributed by atoms with E-state index in [1.165, 1.54) is 6.20 Å². The number of hydrogen-bond donors (Lipinski definition) is 1. The first kappa shape index (κ1) is 23.5. The zero-order valence-electron chi connectivity index (χ0n) is 20.0. The van der Waals surface area contributed by atoms with Crippen LogP contribution in [-0.4, -0.2) is 29.8 Å². The summed E-state index contributed by atoms with van der Waals surface area (Å²) in [5.41, 5.74) is 3.87.